The maximum absolute atomic E-state index is 15.0. The van der Waals surface area contributed by atoms with Crippen LogP contribution in [0.3, 0.4) is 0 Å². The molecule has 0 radical (unpaired) electrons. The lowest BCUT2D eigenvalue weighted by molar-refractivity contribution is -0.271. The summed E-state index contributed by atoms with van der Waals surface area (Å²) in [5, 5.41) is 5.79. The summed E-state index contributed by atoms with van der Waals surface area (Å²) in [6, 6.07) is 47.1. The van der Waals surface area contributed by atoms with Crippen molar-refractivity contribution in [3.63, 3.8) is 0 Å². The third kappa shape index (κ3) is 13.4. The van der Waals surface area contributed by atoms with Crippen molar-refractivity contribution in [3.8, 4) is 5.88 Å². The van der Waals surface area contributed by atoms with Crippen molar-refractivity contribution in [2.75, 3.05) is 17.7 Å². The van der Waals surface area contributed by atoms with Crippen LogP contribution in [0.25, 0.3) is 0 Å². The summed E-state index contributed by atoms with van der Waals surface area (Å²) in [6.07, 6.45) is -10.2. The molecule has 3 aliphatic rings. The molecule has 0 spiro atoms. The first kappa shape index (κ1) is 50.9. The van der Waals surface area contributed by atoms with Gasteiger partial charge in [0.15, 0.2) is 30.1 Å². The number of benzene rings is 5. The number of hydrogen-bond donors (Lipinski definition) is 2. The Morgan fingerprint density at radius 1 is 0.616 bits per heavy atom. The van der Waals surface area contributed by atoms with Gasteiger partial charge < -0.3 is 58.4 Å². The molecule has 0 bridgehead atoms. The lowest BCUT2D eigenvalue weighted by Gasteiger charge is -2.46. The zero-order chi connectivity index (χ0) is 50.6. The predicted molar refractivity (Wildman–Crippen MR) is 264 cm³/mol. The molecule has 0 aliphatic carbocycles. The van der Waals surface area contributed by atoms with Crippen LogP contribution in [0, 0.1) is 4.91 Å². The fraction of sp³-hybridized carbons (Fsp3) is 0.345. The van der Waals surface area contributed by atoms with E-state index in [1.165, 1.54) is 0 Å². The standard InChI is InChI=1S/C55H57N5O13/c1-55(2)72-49-46(67-32-38-24-14-6-15-25-38)48(71-53(49)73-55)52(62)70-47-44(65-30-36-20-10-4-11-21-36)40(28-42(61)57-50-43(60-63)51(59-54(56)58-50)68-33-39-26-16-7-17-27-39)69-41(34-64-29-35-18-8-3-9-19-35)45(47)66-31-37-22-12-5-13-23-37/h3-27,40-41,44-49,53H,28-34H2,1-2H3,(H3,56,57,58,59,61)/t40-,41-,44-,45-,46-,47-,48+,49-,53-/m1/s1. The number of nitrogens with one attached hydrogen (secondary N) is 1. The van der Waals surface area contributed by atoms with E-state index < -0.39 is 79.2 Å². The van der Waals surface area contributed by atoms with Crippen molar-refractivity contribution in [1.29, 1.82) is 0 Å². The molecule has 380 valence electrons. The molecule has 1 amide bonds. The van der Waals surface area contributed by atoms with Crippen molar-refractivity contribution in [1.82, 2.24) is 9.97 Å². The number of carbonyl (C=O) groups excluding carboxylic acids is 2. The first-order chi connectivity index (χ1) is 35.6. The number of rotatable bonds is 22. The van der Waals surface area contributed by atoms with Crippen LogP contribution in [0.5, 0.6) is 5.88 Å². The minimum Gasteiger partial charge on any atom is -0.471 e. The van der Waals surface area contributed by atoms with Crippen molar-refractivity contribution in [3.05, 3.63) is 184 Å². The topological polar surface area (TPSA) is 220 Å². The third-order valence-corrected chi connectivity index (χ3v) is 12.3. The van der Waals surface area contributed by atoms with E-state index in [9.17, 15) is 9.70 Å². The van der Waals surface area contributed by atoms with Crippen LogP contribution in [0.1, 0.15) is 48.1 Å². The normalized spacial score (nSPS) is 24.1. The summed E-state index contributed by atoms with van der Waals surface area (Å²) >= 11 is 0. The highest BCUT2D eigenvalue weighted by Gasteiger charge is 2.59. The van der Waals surface area contributed by atoms with Crippen LogP contribution >= 0.6 is 0 Å². The van der Waals surface area contributed by atoms with Gasteiger partial charge >= 0.3 is 5.97 Å². The average Bonchev–Trinajstić information content (AvgIpc) is 3.89. The molecule has 5 aromatic carbocycles. The molecule has 9 atom stereocenters. The maximum atomic E-state index is 15.0. The van der Waals surface area contributed by atoms with Gasteiger partial charge in [-0.3, -0.25) is 4.79 Å². The number of nitrogens with zero attached hydrogens (tertiary/aromatic N) is 3. The molecule has 6 aromatic rings. The van der Waals surface area contributed by atoms with Gasteiger partial charge in [0.05, 0.1) is 45.6 Å². The Kier molecular flexibility index (Phi) is 16.8. The smallest absolute Gasteiger partial charge is 0.338 e. The summed E-state index contributed by atoms with van der Waals surface area (Å²) in [5.74, 6) is -3.34. The van der Waals surface area contributed by atoms with E-state index in [1.807, 2.05) is 152 Å². The van der Waals surface area contributed by atoms with Gasteiger partial charge in [-0.2, -0.15) is 9.97 Å². The SMILES string of the molecule is CC1(C)O[C@H]2O[C@H](C(=O)O[C@H]3[C@H](OCc4ccccc4)[C@@H](COCc4ccccc4)O[C@H](CC(=O)Nc4nc(N)nc(OCc5ccccc5)c4N=O)[C@H]3OCc3ccccc3)[C@@H](OCc3ccccc3)[C@H]2O1. The molecule has 4 heterocycles. The van der Waals surface area contributed by atoms with Gasteiger partial charge in [0, 0.05) is 0 Å². The molecule has 3 fully saturated rings. The highest BCUT2D eigenvalue weighted by atomic mass is 16.8. The summed E-state index contributed by atoms with van der Waals surface area (Å²) in [4.78, 5) is 50.1. The maximum Gasteiger partial charge on any atom is 0.338 e. The fourth-order valence-electron chi connectivity index (χ4n) is 8.86. The van der Waals surface area contributed by atoms with Crippen molar-refractivity contribution in [2.24, 2.45) is 5.18 Å². The number of nitrogen functional groups attached to an aromatic ring is 1. The molecule has 3 aliphatic heterocycles. The Labute approximate surface area is 422 Å². The Balaban J connectivity index is 1.05. The number of nitrogens with two attached hydrogens (primary N) is 1. The number of anilines is 2. The van der Waals surface area contributed by atoms with E-state index in [0.717, 1.165) is 27.8 Å². The largest absolute Gasteiger partial charge is 0.471 e. The van der Waals surface area contributed by atoms with Crippen LogP contribution in [-0.2, 0) is 85.3 Å². The highest BCUT2D eigenvalue weighted by molar-refractivity contribution is 5.93. The van der Waals surface area contributed by atoms with Crippen molar-refractivity contribution >= 4 is 29.3 Å². The lowest BCUT2D eigenvalue weighted by Crippen LogP contribution is -2.62. The third-order valence-electron chi connectivity index (χ3n) is 12.3. The van der Waals surface area contributed by atoms with Crippen LogP contribution in [0.15, 0.2) is 157 Å². The number of esters is 1. The van der Waals surface area contributed by atoms with Gasteiger partial charge in [0.25, 0.3) is 5.88 Å². The number of nitroso groups, excluding NO2 is 1. The van der Waals surface area contributed by atoms with Crippen molar-refractivity contribution < 1.29 is 57.0 Å². The number of hydrogen-bond acceptors (Lipinski definition) is 17. The van der Waals surface area contributed by atoms with Crippen LogP contribution in [0.4, 0.5) is 17.5 Å². The average molecular weight is 996 g/mol. The first-order valence-corrected chi connectivity index (χ1v) is 24.0. The zero-order valence-electron chi connectivity index (χ0n) is 40.3. The minimum absolute atomic E-state index is 0.00896. The summed E-state index contributed by atoms with van der Waals surface area (Å²) in [5.41, 5.74) is 9.86. The number of amides is 1. The van der Waals surface area contributed by atoms with Crippen LogP contribution < -0.4 is 15.8 Å². The van der Waals surface area contributed by atoms with Crippen LogP contribution in [0.2, 0.25) is 0 Å². The Hall–Kier alpha value is -7.00. The van der Waals surface area contributed by atoms with Gasteiger partial charge in [-0.15, -0.1) is 4.91 Å². The summed E-state index contributed by atoms with van der Waals surface area (Å²) < 4.78 is 64.3. The van der Waals surface area contributed by atoms with E-state index in [0.29, 0.717) is 0 Å². The van der Waals surface area contributed by atoms with Gasteiger partial charge in [0.1, 0.15) is 37.1 Å². The second-order valence-corrected chi connectivity index (χ2v) is 18.1. The molecule has 3 saturated heterocycles. The fourth-order valence-corrected chi connectivity index (χ4v) is 8.86. The van der Waals surface area contributed by atoms with Gasteiger partial charge in [-0.25, -0.2) is 4.79 Å². The quantitative estimate of drug-likeness (QED) is 0.0488. The Morgan fingerprint density at radius 2 is 1.11 bits per heavy atom. The monoisotopic (exact) mass is 995 g/mol. The number of ether oxygens (including phenoxy) is 10. The second kappa shape index (κ2) is 24.1. The minimum atomic E-state index is -1.34. The van der Waals surface area contributed by atoms with E-state index in [4.69, 9.17) is 53.1 Å². The summed E-state index contributed by atoms with van der Waals surface area (Å²) in [7, 11) is 0. The molecule has 3 N–H and O–H groups in total. The van der Waals surface area contributed by atoms with Gasteiger partial charge in [0.2, 0.25) is 17.5 Å². The molecule has 73 heavy (non-hydrogen) atoms. The Bertz CT molecular complexity index is 2730. The van der Waals surface area contributed by atoms with Crippen LogP contribution in [-0.4, -0.2) is 89.4 Å². The number of aromatic nitrogens is 2. The number of carbonyl (C=O) groups is 2. The van der Waals surface area contributed by atoms with E-state index in [2.05, 4.69) is 20.5 Å². The molecule has 1 aromatic heterocycles. The number of fused-ring (bicyclic) bond motifs is 1. The van der Waals surface area contributed by atoms with Crippen molar-refractivity contribution in [2.45, 2.75) is 114 Å². The molecular formula is C55H57N5O13. The first-order valence-electron chi connectivity index (χ1n) is 24.0. The summed E-state index contributed by atoms with van der Waals surface area (Å²) in [6.45, 7) is 3.89. The predicted octanol–water partition coefficient (Wildman–Crippen LogP) is 7.89. The molecule has 0 saturated carbocycles. The molecule has 0 unspecified atom stereocenters. The van der Waals surface area contributed by atoms with E-state index in [1.54, 1.807) is 13.8 Å². The van der Waals surface area contributed by atoms with Gasteiger partial charge in [-0.1, -0.05) is 152 Å². The van der Waals surface area contributed by atoms with E-state index >= 15 is 4.79 Å². The lowest BCUT2D eigenvalue weighted by atomic mass is 9.92. The highest BCUT2D eigenvalue weighted by Crippen LogP contribution is 2.41. The van der Waals surface area contributed by atoms with E-state index in [-0.39, 0.29) is 63.0 Å². The molecule has 9 rings (SSSR count). The Morgan fingerprint density at radius 3 is 1.64 bits per heavy atom. The zero-order valence-corrected chi connectivity index (χ0v) is 40.3. The molecule has 18 nitrogen and oxygen atoms in total. The molecular weight excluding hydrogens is 939 g/mol. The second-order valence-electron chi connectivity index (χ2n) is 18.1. The van der Waals surface area contributed by atoms with Gasteiger partial charge in [-0.05, 0) is 46.8 Å². The molecule has 18 heteroatoms.